The summed E-state index contributed by atoms with van der Waals surface area (Å²) in [5.74, 6) is -0.391. The van der Waals surface area contributed by atoms with E-state index in [1.54, 1.807) is 6.07 Å². The lowest BCUT2D eigenvalue weighted by Crippen LogP contribution is -1.99. The number of hydrogen-bond donors (Lipinski definition) is 0. The quantitative estimate of drug-likeness (QED) is 0.707. The van der Waals surface area contributed by atoms with E-state index in [1.807, 2.05) is 0 Å². The fraction of sp³-hybridized carbons (Fsp3) is 0.500. The molecule has 0 unspecified atom stereocenters. The number of carbonyl (C=O) groups excluding carboxylic acids is 1. The summed E-state index contributed by atoms with van der Waals surface area (Å²) in [6, 6.07) is 1.80. The molecule has 0 fully saturated rings. The lowest BCUT2D eigenvalue weighted by Gasteiger charge is -1.99. The Bertz CT molecular complexity index is 414. The van der Waals surface area contributed by atoms with Gasteiger partial charge in [-0.15, -0.1) is 15.3 Å². The minimum Gasteiger partial charge on any atom is -0.263 e. The molecule has 0 saturated heterocycles. The van der Waals surface area contributed by atoms with Crippen molar-refractivity contribution in [2.24, 2.45) is 10.2 Å². The first-order valence-electron chi connectivity index (χ1n) is 5.14. The van der Waals surface area contributed by atoms with Crippen LogP contribution in [-0.2, 0) is 6.42 Å². The molecule has 1 aromatic heterocycles. The van der Waals surface area contributed by atoms with E-state index in [2.05, 4.69) is 27.3 Å². The second-order valence-electron chi connectivity index (χ2n) is 3.53. The third-order valence-corrected chi connectivity index (χ3v) is 2.31. The molecule has 0 radical (unpaired) electrons. The summed E-state index contributed by atoms with van der Waals surface area (Å²) in [5, 5.41) is 15.0. The van der Waals surface area contributed by atoms with Crippen LogP contribution in [0.25, 0.3) is 0 Å². The second kappa shape index (κ2) is 4.25. The summed E-state index contributed by atoms with van der Waals surface area (Å²) in [6.45, 7) is 2.15. The SMILES string of the molecule is CCCCCc1cc2c(nn1)C(=O)N=N2. The monoisotopic (exact) mass is 204 g/mol. The third-order valence-electron chi connectivity index (χ3n) is 2.31. The van der Waals surface area contributed by atoms with Gasteiger partial charge in [0.2, 0.25) is 0 Å². The number of aryl methyl sites for hydroxylation is 1. The highest BCUT2D eigenvalue weighted by molar-refractivity contribution is 5.99. The first-order valence-corrected chi connectivity index (χ1v) is 5.14. The molecule has 2 rings (SSSR count). The van der Waals surface area contributed by atoms with Gasteiger partial charge in [0, 0.05) is 0 Å². The first kappa shape index (κ1) is 9.89. The third kappa shape index (κ3) is 2.06. The molecule has 1 aliphatic rings. The van der Waals surface area contributed by atoms with E-state index in [1.165, 1.54) is 12.8 Å². The number of fused-ring (bicyclic) bond motifs is 1. The molecule has 0 aromatic carbocycles. The smallest absolute Gasteiger partial charge is 0.263 e. The van der Waals surface area contributed by atoms with Crippen molar-refractivity contribution < 1.29 is 4.79 Å². The number of hydrogen-bond acceptors (Lipinski definition) is 4. The van der Waals surface area contributed by atoms with Crippen molar-refractivity contribution in [2.75, 3.05) is 0 Å². The number of rotatable bonds is 4. The molecular formula is C10H12N4O. The van der Waals surface area contributed by atoms with Gasteiger partial charge < -0.3 is 0 Å². The highest BCUT2D eigenvalue weighted by Gasteiger charge is 2.20. The summed E-state index contributed by atoms with van der Waals surface area (Å²) in [5.41, 5.74) is 1.71. The van der Waals surface area contributed by atoms with Crippen molar-refractivity contribution in [1.29, 1.82) is 0 Å². The molecule has 1 amide bonds. The highest BCUT2D eigenvalue weighted by Crippen LogP contribution is 2.24. The fourth-order valence-electron chi connectivity index (χ4n) is 1.47. The Hall–Kier alpha value is -1.65. The Labute approximate surface area is 87.6 Å². The molecule has 5 nitrogen and oxygen atoms in total. The zero-order valence-electron chi connectivity index (χ0n) is 8.60. The van der Waals surface area contributed by atoms with Crippen molar-refractivity contribution in [3.8, 4) is 0 Å². The van der Waals surface area contributed by atoms with Crippen molar-refractivity contribution in [3.05, 3.63) is 17.5 Å². The van der Waals surface area contributed by atoms with Crippen LogP contribution in [0.4, 0.5) is 5.69 Å². The van der Waals surface area contributed by atoms with Crippen molar-refractivity contribution in [1.82, 2.24) is 10.2 Å². The number of aromatic nitrogens is 2. The molecule has 0 atom stereocenters. The zero-order chi connectivity index (χ0) is 10.7. The number of carbonyl (C=O) groups is 1. The molecule has 0 aliphatic carbocycles. The molecule has 0 bridgehead atoms. The Balaban J connectivity index is 2.09. The Morgan fingerprint density at radius 2 is 2.07 bits per heavy atom. The average Bonchev–Trinajstić information content (AvgIpc) is 2.61. The van der Waals surface area contributed by atoms with Crippen LogP contribution >= 0.6 is 0 Å². The molecule has 0 spiro atoms. The molecule has 0 saturated carbocycles. The van der Waals surface area contributed by atoms with Gasteiger partial charge in [0.1, 0.15) is 5.69 Å². The summed E-state index contributed by atoms with van der Waals surface area (Å²) in [4.78, 5) is 11.1. The first-order chi connectivity index (χ1) is 7.31. The summed E-state index contributed by atoms with van der Waals surface area (Å²) >= 11 is 0. The van der Waals surface area contributed by atoms with Crippen LogP contribution < -0.4 is 0 Å². The van der Waals surface area contributed by atoms with Gasteiger partial charge in [0.25, 0.3) is 0 Å². The van der Waals surface area contributed by atoms with Gasteiger partial charge >= 0.3 is 5.91 Å². The fourth-order valence-corrected chi connectivity index (χ4v) is 1.47. The van der Waals surface area contributed by atoms with Gasteiger partial charge in [-0.2, -0.15) is 5.10 Å². The number of azo groups is 1. The Morgan fingerprint density at radius 1 is 1.20 bits per heavy atom. The summed E-state index contributed by atoms with van der Waals surface area (Å²) in [7, 11) is 0. The number of amides is 1. The van der Waals surface area contributed by atoms with Crippen molar-refractivity contribution in [3.63, 3.8) is 0 Å². The van der Waals surface area contributed by atoms with Gasteiger partial charge in [-0.1, -0.05) is 19.8 Å². The topological polar surface area (TPSA) is 67.6 Å². The molecule has 1 aromatic rings. The zero-order valence-corrected chi connectivity index (χ0v) is 8.60. The summed E-state index contributed by atoms with van der Waals surface area (Å²) < 4.78 is 0. The maximum absolute atomic E-state index is 11.1. The number of unbranched alkanes of at least 4 members (excludes halogenated alkanes) is 2. The standard InChI is InChI=1S/C10H12N4O/c1-2-3-4-5-7-6-8-9(13-11-7)10(15)14-12-8/h6H,2-5H2,1H3. The van der Waals surface area contributed by atoms with Crippen molar-refractivity contribution >= 4 is 11.6 Å². The van der Waals surface area contributed by atoms with Gasteiger partial charge in [0.05, 0.1) is 5.69 Å². The van der Waals surface area contributed by atoms with Crippen molar-refractivity contribution in [2.45, 2.75) is 32.6 Å². The Kier molecular flexibility index (Phi) is 2.80. The van der Waals surface area contributed by atoms with Crippen LogP contribution in [-0.4, -0.2) is 16.1 Å². The predicted octanol–water partition coefficient (Wildman–Crippen LogP) is 2.45. The van der Waals surface area contributed by atoms with Gasteiger partial charge in [-0.05, 0) is 18.9 Å². The Morgan fingerprint density at radius 3 is 2.87 bits per heavy atom. The molecule has 0 N–H and O–H groups in total. The minimum absolute atomic E-state index is 0.272. The van der Waals surface area contributed by atoms with Gasteiger partial charge in [-0.3, -0.25) is 4.79 Å². The molecule has 78 valence electrons. The highest BCUT2D eigenvalue weighted by atomic mass is 16.2. The van der Waals surface area contributed by atoms with E-state index in [0.29, 0.717) is 5.69 Å². The minimum atomic E-state index is -0.391. The summed E-state index contributed by atoms with van der Waals surface area (Å²) in [6.07, 6.45) is 4.34. The average molecular weight is 204 g/mol. The van der Waals surface area contributed by atoms with Crippen LogP contribution in [0.15, 0.2) is 16.3 Å². The number of nitrogens with zero attached hydrogens (tertiary/aromatic N) is 4. The molecule has 1 aliphatic heterocycles. The van der Waals surface area contributed by atoms with Crippen LogP contribution in [0.3, 0.4) is 0 Å². The van der Waals surface area contributed by atoms with Crippen LogP contribution in [0, 0.1) is 0 Å². The van der Waals surface area contributed by atoms with Crippen LogP contribution in [0.5, 0.6) is 0 Å². The van der Waals surface area contributed by atoms with Crippen LogP contribution in [0.1, 0.15) is 42.4 Å². The van der Waals surface area contributed by atoms with Gasteiger partial charge in [0.15, 0.2) is 5.69 Å². The van der Waals surface area contributed by atoms with E-state index >= 15 is 0 Å². The lowest BCUT2D eigenvalue weighted by molar-refractivity contribution is 0.0997. The van der Waals surface area contributed by atoms with Gasteiger partial charge in [-0.25, -0.2) is 0 Å². The molecule has 15 heavy (non-hydrogen) atoms. The van der Waals surface area contributed by atoms with E-state index in [4.69, 9.17) is 0 Å². The van der Waals surface area contributed by atoms with E-state index < -0.39 is 5.91 Å². The molecule has 2 heterocycles. The van der Waals surface area contributed by atoms with Crippen LogP contribution in [0.2, 0.25) is 0 Å². The van der Waals surface area contributed by atoms with E-state index in [0.717, 1.165) is 18.5 Å². The van der Waals surface area contributed by atoms with E-state index in [9.17, 15) is 4.79 Å². The largest absolute Gasteiger partial charge is 0.318 e. The second-order valence-corrected chi connectivity index (χ2v) is 3.53. The predicted molar refractivity (Wildman–Crippen MR) is 54.1 cm³/mol. The lowest BCUT2D eigenvalue weighted by atomic mass is 10.1. The maximum atomic E-state index is 11.1. The van der Waals surface area contributed by atoms with E-state index in [-0.39, 0.29) is 5.69 Å². The molecule has 5 heteroatoms. The molecular weight excluding hydrogens is 192 g/mol. The maximum Gasteiger partial charge on any atom is 0.318 e. The normalized spacial score (nSPS) is 13.3.